The molecule has 0 saturated carbocycles. The van der Waals surface area contributed by atoms with Gasteiger partial charge in [-0.15, -0.1) is 0 Å². The number of fused-ring (bicyclic) bond motifs is 1. The van der Waals surface area contributed by atoms with Gasteiger partial charge in [-0.05, 0) is 47.8 Å². The highest BCUT2D eigenvalue weighted by atomic mass is 15.1. The molecule has 1 heterocycles. The van der Waals surface area contributed by atoms with Gasteiger partial charge in [0.25, 0.3) is 0 Å². The fourth-order valence-electron chi connectivity index (χ4n) is 2.76. The highest BCUT2D eigenvalue weighted by Crippen LogP contribution is 2.23. The quantitative estimate of drug-likeness (QED) is 0.398. The number of hydrogen-bond donors (Lipinski definition) is 0. The Bertz CT molecular complexity index is 956. The number of rotatable bonds is 5. The second-order valence-electron chi connectivity index (χ2n) is 5.40. The van der Waals surface area contributed by atoms with Crippen LogP contribution in [-0.4, -0.2) is 16.1 Å². The summed E-state index contributed by atoms with van der Waals surface area (Å²) in [4.78, 5) is 7.43. The zero-order valence-corrected chi connectivity index (χ0v) is 13.3. The molecule has 0 unspecified atom stereocenters. The van der Waals surface area contributed by atoms with Crippen molar-refractivity contribution in [2.75, 3.05) is 6.54 Å². The van der Waals surface area contributed by atoms with Gasteiger partial charge in [-0.25, -0.2) is 4.98 Å². The van der Waals surface area contributed by atoms with Crippen LogP contribution in [0.15, 0.2) is 47.6 Å². The van der Waals surface area contributed by atoms with Crippen LogP contribution in [0.4, 0.5) is 0 Å². The van der Waals surface area contributed by atoms with Gasteiger partial charge in [0.05, 0.1) is 22.7 Å². The van der Waals surface area contributed by atoms with Crippen molar-refractivity contribution < 1.29 is 0 Å². The Labute approximate surface area is 139 Å². The van der Waals surface area contributed by atoms with Gasteiger partial charge in [-0.2, -0.15) is 5.26 Å². The molecule has 3 aromatic rings. The monoisotopic (exact) mass is 316 g/mol. The van der Waals surface area contributed by atoms with Crippen molar-refractivity contribution in [3.8, 4) is 11.8 Å². The first kappa shape index (κ1) is 15.6. The summed E-state index contributed by atoms with van der Waals surface area (Å²) in [6.45, 7) is 2.52. The van der Waals surface area contributed by atoms with Gasteiger partial charge in [0.1, 0.15) is 5.82 Å². The van der Waals surface area contributed by atoms with E-state index in [0.717, 1.165) is 34.5 Å². The predicted molar refractivity (Wildman–Crippen MR) is 92.9 cm³/mol. The lowest BCUT2D eigenvalue weighted by atomic mass is 10.1. The Morgan fingerprint density at radius 2 is 2.04 bits per heavy atom. The second kappa shape index (κ2) is 6.86. The average Bonchev–Trinajstić information content (AvgIpc) is 3.00. The largest absolute Gasteiger partial charge is 0.296 e. The van der Waals surface area contributed by atoms with Crippen molar-refractivity contribution in [1.29, 1.82) is 5.26 Å². The molecule has 0 fully saturated rings. The van der Waals surface area contributed by atoms with Crippen LogP contribution in [-0.2, 0) is 12.8 Å². The zero-order valence-electron chi connectivity index (χ0n) is 13.3. The van der Waals surface area contributed by atoms with E-state index in [1.165, 1.54) is 0 Å². The molecule has 0 bridgehead atoms. The first-order valence-electron chi connectivity index (χ1n) is 7.78. The lowest BCUT2D eigenvalue weighted by Crippen LogP contribution is -2.00. The molecule has 118 valence electrons. The Morgan fingerprint density at radius 3 is 2.71 bits per heavy atom. The topological polar surface area (TPSA) is 90.4 Å². The summed E-state index contributed by atoms with van der Waals surface area (Å²) in [5.74, 6) is 0.960. The van der Waals surface area contributed by atoms with Crippen molar-refractivity contribution >= 4 is 11.0 Å². The van der Waals surface area contributed by atoms with Gasteiger partial charge in [0, 0.05) is 23.6 Å². The van der Waals surface area contributed by atoms with Crippen molar-refractivity contribution in [1.82, 2.24) is 9.55 Å². The summed E-state index contributed by atoms with van der Waals surface area (Å²) in [6.07, 6.45) is 1.52. The van der Waals surface area contributed by atoms with Gasteiger partial charge in [0.15, 0.2) is 0 Å². The van der Waals surface area contributed by atoms with Gasteiger partial charge in [-0.1, -0.05) is 24.2 Å². The van der Waals surface area contributed by atoms with Gasteiger partial charge in [-0.3, -0.25) is 4.57 Å². The molecule has 0 atom stereocenters. The molecule has 0 amide bonds. The van der Waals surface area contributed by atoms with Crippen LogP contribution in [0.1, 0.15) is 23.9 Å². The van der Waals surface area contributed by atoms with Crippen LogP contribution >= 0.6 is 0 Å². The molecule has 0 N–H and O–H groups in total. The molecule has 0 aliphatic carbocycles. The molecular formula is C18H16N6. The molecule has 6 nitrogen and oxygen atoms in total. The summed E-state index contributed by atoms with van der Waals surface area (Å²) < 4.78 is 2.09. The normalized spacial score (nSPS) is 10.3. The van der Waals surface area contributed by atoms with Crippen LogP contribution in [0.5, 0.6) is 0 Å². The van der Waals surface area contributed by atoms with Crippen LogP contribution < -0.4 is 0 Å². The minimum atomic E-state index is 0.454. The van der Waals surface area contributed by atoms with Gasteiger partial charge >= 0.3 is 0 Å². The Hall–Kier alpha value is -3.29. The van der Waals surface area contributed by atoms with E-state index in [2.05, 4.69) is 32.6 Å². The van der Waals surface area contributed by atoms with Crippen LogP contribution in [0.3, 0.4) is 0 Å². The number of benzene rings is 2. The molecule has 1 aromatic heterocycles. The summed E-state index contributed by atoms with van der Waals surface area (Å²) in [7, 11) is 0. The maximum absolute atomic E-state index is 9.15. The SMILES string of the molecule is CCc1nc2ccc(C#N)cc2n1-c1ccc(CCN=[N+]=[N-])cc1. The molecule has 0 aliphatic rings. The Balaban J connectivity index is 2.04. The average molecular weight is 316 g/mol. The number of nitrogens with zero attached hydrogens (tertiary/aromatic N) is 6. The van der Waals surface area contributed by atoms with E-state index in [-0.39, 0.29) is 0 Å². The molecule has 6 heteroatoms. The highest BCUT2D eigenvalue weighted by Gasteiger charge is 2.11. The van der Waals surface area contributed by atoms with Crippen molar-refractivity contribution in [3.05, 3.63) is 69.9 Å². The first-order valence-corrected chi connectivity index (χ1v) is 7.78. The molecule has 0 aliphatic heterocycles. The maximum atomic E-state index is 9.15. The molecule has 0 spiro atoms. The third-order valence-corrected chi connectivity index (χ3v) is 3.93. The number of aryl methyl sites for hydroxylation is 1. The van der Waals surface area contributed by atoms with E-state index < -0.39 is 0 Å². The van der Waals surface area contributed by atoms with Crippen molar-refractivity contribution in [2.24, 2.45) is 5.11 Å². The number of nitriles is 1. The van der Waals surface area contributed by atoms with Crippen molar-refractivity contribution in [2.45, 2.75) is 19.8 Å². The minimum absolute atomic E-state index is 0.454. The first-order chi connectivity index (χ1) is 11.8. The molecule has 2 aromatic carbocycles. The summed E-state index contributed by atoms with van der Waals surface area (Å²) in [6, 6.07) is 15.9. The van der Waals surface area contributed by atoms with E-state index in [4.69, 9.17) is 10.8 Å². The van der Waals surface area contributed by atoms with E-state index in [9.17, 15) is 0 Å². The van der Waals surface area contributed by atoms with Crippen molar-refractivity contribution in [3.63, 3.8) is 0 Å². The smallest absolute Gasteiger partial charge is 0.114 e. The highest BCUT2D eigenvalue weighted by molar-refractivity contribution is 5.80. The lowest BCUT2D eigenvalue weighted by Gasteiger charge is -2.09. The third kappa shape index (κ3) is 2.94. The van der Waals surface area contributed by atoms with E-state index in [0.29, 0.717) is 18.5 Å². The molecule has 0 radical (unpaired) electrons. The molecule has 3 rings (SSSR count). The third-order valence-electron chi connectivity index (χ3n) is 3.93. The molecule has 0 saturated heterocycles. The van der Waals surface area contributed by atoms with E-state index >= 15 is 0 Å². The van der Waals surface area contributed by atoms with E-state index in [1.54, 1.807) is 6.07 Å². The van der Waals surface area contributed by atoms with Gasteiger partial charge < -0.3 is 0 Å². The maximum Gasteiger partial charge on any atom is 0.114 e. The Kier molecular flexibility index (Phi) is 4.46. The number of aromatic nitrogens is 2. The second-order valence-corrected chi connectivity index (χ2v) is 5.40. The summed E-state index contributed by atoms with van der Waals surface area (Å²) in [5, 5.41) is 12.7. The Morgan fingerprint density at radius 1 is 1.25 bits per heavy atom. The fourth-order valence-corrected chi connectivity index (χ4v) is 2.76. The number of hydrogen-bond acceptors (Lipinski definition) is 3. The molecule has 24 heavy (non-hydrogen) atoms. The van der Waals surface area contributed by atoms with Crippen LogP contribution in [0.2, 0.25) is 0 Å². The van der Waals surface area contributed by atoms with Crippen LogP contribution in [0, 0.1) is 11.3 Å². The summed E-state index contributed by atoms with van der Waals surface area (Å²) in [5.41, 5.74) is 12.9. The lowest BCUT2D eigenvalue weighted by molar-refractivity contribution is 0.905. The minimum Gasteiger partial charge on any atom is -0.296 e. The number of imidazole rings is 1. The number of azide groups is 1. The standard InChI is InChI=1S/C18H16N6/c1-2-18-22-16-8-5-14(12-19)11-17(16)24(18)15-6-3-13(4-7-15)9-10-21-23-20/h3-8,11H,2,9-10H2,1H3. The predicted octanol–water partition coefficient (Wildman–Crippen LogP) is 4.31. The van der Waals surface area contributed by atoms with Crippen LogP contribution in [0.25, 0.3) is 27.2 Å². The fraction of sp³-hybridized carbons (Fsp3) is 0.222. The van der Waals surface area contributed by atoms with Gasteiger partial charge in [0.2, 0.25) is 0 Å². The summed E-state index contributed by atoms with van der Waals surface area (Å²) >= 11 is 0. The molecular weight excluding hydrogens is 300 g/mol. The van der Waals surface area contributed by atoms with E-state index in [1.807, 2.05) is 36.4 Å². The zero-order chi connectivity index (χ0) is 16.9.